The third kappa shape index (κ3) is 50.4. The highest BCUT2D eigenvalue weighted by Gasteiger charge is 1.99. The topological polar surface area (TPSA) is 74.6 Å². The van der Waals surface area contributed by atoms with Crippen LogP contribution >= 0.6 is 0 Å². The molecule has 0 saturated heterocycles. The zero-order chi connectivity index (χ0) is 38.4. The molecule has 312 valence electrons. The van der Waals surface area contributed by atoms with E-state index >= 15 is 0 Å². The van der Waals surface area contributed by atoms with Gasteiger partial charge in [-0.3, -0.25) is 9.59 Å². The first kappa shape index (κ1) is 51.4. The molecule has 0 heterocycles. The average Bonchev–Trinajstić information content (AvgIpc) is 3.14. The van der Waals surface area contributed by atoms with Crippen LogP contribution in [0.4, 0.5) is 0 Å². The Bertz CT molecular complexity index is 723. The van der Waals surface area contributed by atoms with Gasteiger partial charge in [0.15, 0.2) is 0 Å². The van der Waals surface area contributed by atoms with Crippen molar-refractivity contribution in [3.8, 4) is 0 Å². The predicted octanol–water partition coefficient (Wildman–Crippen LogP) is 17.0. The van der Waals surface area contributed by atoms with Crippen LogP contribution in [0.5, 0.6) is 0 Å². The fourth-order valence-electron chi connectivity index (χ4n) is 7.55. The molecule has 0 aromatic heterocycles. The van der Waals surface area contributed by atoms with E-state index in [9.17, 15) is 9.59 Å². The Kier molecular flexibility index (Phi) is 45.2. The van der Waals surface area contributed by atoms with Crippen LogP contribution in [0.3, 0.4) is 0 Å². The van der Waals surface area contributed by atoms with Crippen molar-refractivity contribution < 1.29 is 19.8 Å². The van der Waals surface area contributed by atoms with E-state index in [2.05, 4.69) is 24.3 Å². The third-order valence-corrected chi connectivity index (χ3v) is 11.1. The quantitative estimate of drug-likeness (QED) is 0.0481. The monoisotopic (exact) mass is 745 g/mol. The molecular formula is C49H92O4. The molecule has 4 heteroatoms. The molecule has 0 rings (SSSR count). The standard InChI is InChI=1S/C49H92O4/c50-48(51)46-44-42-40-38-36-34-32-30-28-26-24-22-20-18-16-14-12-10-8-6-4-2-1-3-5-7-9-11-13-15-17-19-21-23-25-27-29-31-33-35-37-39-41-43-45-47-49(52)53/h30-33H,1-29,34-47H2,(H,50,51)(H,52,53)/b32-30-,33-31-. The third-order valence-electron chi connectivity index (χ3n) is 11.1. The Hall–Kier alpha value is -1.58. The second-order valence-electron chi connectivity index (χ2n) is 16.5. The lowest BCUT2D eigenvalue weighted by Gasteiger charge is -2.04. The molecule has 4 nitrogen and oxygen atoms in total. The van der Waals surface area contributed by atoms with Gasteiger partial charge < -0.3 is 10.2 Å². The lowest BCUT2D eigenvalue weighted by atomic mass is 10.0. The molecule has 0 aromatic carbocycles. The number of allylic oxidation sites excluding steroid dienone is 4. The average molecular weight is 745 g/mol. The maximum absolute atomic E-state index is 10.5. The van der Waals surface area contributed by atoms with E-state index in [1.54, 1.807) is 0 Å². The second kappa shape index (κ2) is 46.6. The fourth-order valence-corrected chi connectivity index (χ4v) is 7.55. The molecule has 0 unspecified atom stereocenters. The minimum absolute atomic E-state index is 0.328. The van der Waals surface area contributed by atoms with Gasteiger partial charge in [0.25, 0.3) is 0 Å². The first-order valence-electron chi connectivity index (χ1n) is 23.9. The number of carboxylic acids is 2. The Morgan fingerprint density at radius 2 is 0.358 bits per heavy atom. The summed E-state index contributed by atoms with van der Waals surface area (Å²) in [6, 6.07) is 0. The summed E-state index contributed by atoms with van der Waals surface area (Å²) in [5, 5.41) is 17.3. The van der Waals surface area contributed by atoms with Gasteiger partial charge in [0, 0.05) is 12.8 Å². The Morgan fingerprint density at radius 3 is 0.509 bits per heavy atom. The minimum atomic E-state index is -0.662. The molecule has 0 spiro atoms. The Balaban J connectivity index is 3.11. The lowest BCUT2D eigenvalue weighted by molar-refractivity contribution is -0.138. The van der Waals surface area contributed by atoms with Gasteiger partial charge in [0.1, 0.15) is 0 Å². The minimum Gasteiger partial charge on any atom is -0.481 e. The van der Waals surface area contributed by atoms with Crippen LogP contribution in [-0.4, -0.2) is 22.2 Å². The van der Waals surface area contributed by atoms with Crippen molar-refractivity contribution in [1.82, 2.24) is 0 Å². The number of unbranched alkanes of at least 4 members (excludes halogenated alkanes) is 38. The highest BCUT2D eigenvalue weighted by molar-refractivity contribution is 5.66. The van der Waals surface area contributed by atoms with E-state index in [4.69, 9.17) is 10.2 Å². The van der Waals surface area contributed by atoms with Gasteiger partial charge in [-0.1, -0.05) is 223 Å². The van der Waals surface area contributed by atoms with Crippen LogP contribution < -0.4 is 0 Å². The van der Waals surface area contributed by atoms with Gasteiger partial charge in [-0.2, -0.15) is 0 Å². The van der Waals surface area contributed by atoms with Crippen LogP contribution in [0.1, 0.15) is 276 Å². The molecule has 0 aliphatic carbocycles. The van der Waals surface area contributed by atoms with Crippen LogP contribution in [0.2, 0.25) is 0 Å². The van der Waals surface area contributed by atoms with Crippen molar-refractivity contribution in [2.45, 2.75) is 276 Å². The second-order valence-corrected chi connectivity index (χ2v) is 16.5. The normalized spacial score (nSPS) is 11.8. The van der Waals surface area contributed by atoms with Crippen LogP contribution in [0.15, 0.2) is 24.3 Å². The summed E-state index contributed by atoms with van der Waals surface area (Å²) >= 11 is 0. The maximum Gasteiger partial charge on any atom is 0.303 e. The van der Waals surface area contributed by atoms with Crippen molar-refractivity contribution in [3.05, 3.63) is 24.3 Å². The van der Waals surface area contributed by atoms with E-state index in [0.29, 0.717) is 12.8 Å². The van der Waals surface area contributed by atoms with Gasteiger partial charge in [0.05, 0.1) is 0 Å². The van der Waals surface area contributed by atoms with Crippen LogP contribution in [-0.2, 0) is 9.59 Å². The molecule has 0 amide bonds. The summed E-state index contributed by atoms with van der Waals surface area (Å²) in [6.07, 6.45) is 64.9. The summed E-state index contributed by atoms with van der Waals surface area (Å²) in [5.41, 5.74) is 0. The number of hydrogen-bond donors (Lipinski definition) is 2. The first-order valence-corrected chi connectivity index (χ1v) is 23.9. The molecular weight excluding hydrogens is 653 g/mol. The maximum atomic E-state index is 10.5. The predicted molar refractivity (Wildman–Crippen MR) is 232 cm³/mol. The highest BCUT2D eigenvalue weighted by atomic mass is 16.4. The Morgan fingerprint density at radius 1 is 0.226 bits per heavy atom. The SMILES string of the molecule is O=C(O)CCCCCCC/C=C\CCCCCCCCCCCCCCCCCCCCCCCCCCCCC/C=C\CCCCCCCC(=O)O. The summed E-state index contributed by atoms with van der Waals surface area (Å²) in [7, 11) is 0. The summed E-state index contributed by atoms with van der Waals surface area (Å²) in [5.74, 6) is -1.32. The highest BCUT2D eigenvalue weighted by Crippen LogP contribution is 2.17. The molecule has 0 radical (unpaired) electrons. The lowest BCUT2D eigenvalue weighted by Crippen LogP contribution is -1.93. The van der Waals surface area contributed by atoms with Gasteiger partial charge in [-0.25, -0.2) is 0 Å². The number of carboxylic acid groups (broad SMARTS) is 2. The molecule has 0 saturated carbocycles. The molecule has 0 aromatic rings. The van der Waals surface area contributed by atoms with E-state index in [-0.39, 0.29) is 0 Å². The number of aliphatic carboxylic acids is 2. The smallest absolute Gasteiger partial charge is 0.303 e. The van der Waals surface area contributed by atoms with Crippen molar-refractivity contribution >= 4 is 11.9 Å². The molecule has 0 aliphatic heterocycles. The summed E-state index contributed by atoms with van der Waals surface area (Å²) in [4.78, 5) is 21.0. The number of rotatable bonds is 46. The van der Waals surface area contributed by atoms with Crippen molar-refractivity contribution in [1.29, 1.82) is 0 Å². The van der Waals surface area contributed by atoms with Gasteiger partial charge in [0.2, 0.25) is 0 Å². The van der Waals surface area contributed by atoms with Gasteiger partial charge >= 0.3 is 11.9 Å². The number of hydrogen-bond acceptors (Lipinski definition) is 2. The van der Waals surface area contributed by atoms with Crippen LogP contribution in [0, 0.1) is 0 Å². The van der Waals surface area contributed by atoms with E-state index in [1.165, 1.54) is 238 Å². The largest absolute Gasteiger partial charge is 0.481 e. The fraction of sp³-hybridized carbons (Fsp3) is 0.878. The number of carbonyl (C=O) groups is 2. The van der Waals surface area contributed by atoms with Gasteiger partial charge in [-0.15, -0.1) is 0 Å². The van der Waals surface area contributed by atoms with E-state index in [0.717, 1.165) is 25.7 Å². The summed E-state index contributed by atoms with van der Waals surface area (Å²) < 4.78 is 0. The molecule has 2 N–H and O–H groups in total. The van der Waals surface area contributed by atoms with Crippen molar-refractivity contribution in [3.63, 3.8) is 0 Å². The zero-order valence-electron chi connectivity index (χ0n) is 35.4. The summed E-state index contributed by atoms with van der Waals surface area (Å²) in [6.45, 7) is 0. The zero-order valence-corrected chi connectivity index (χ0v) is 35.4. The van der Waals surface area contributed by atoms with Crippen LogP contribution in [0.25, 0.3) is 0 Å². The molecule has 0 bridgehead atoms. The molecule has 0 fully saturated rings. The Labute approximate surface area is 331 Å². The molecule has 53 heavy (non-hydrogen) atoms. The van der Waals surface area contributed by atoms with Gasteiger partial charge in [-0.05, 0) is 64.2 Å². The molecule has 0 atom stereocenters. The van der Waals surface area contributed by atoms with Crippen molar-refractivity contribution in [2.75, 3.05) is 0 Å². The molecule has 0 aliphatic rings. The van der Waals surface area contributed by atoms with E-state index < -0.39 is 11.9 Å². The van der Waals surface area contributed by atoms with E-state index in [1.807, 2.05) is 0 Å². The first-order chi connectivity index (χ1) is 26.1. The van der Waals surface area contributed by atoms with Crippen molar-refractivity contribution in [2.24, 2.45) is 0 Å².